The first-order chi connectivity index (χ1) is 5.74. The minimum Gasteiger partial charge on any atom is -0.354 e. The fourth-order valence-electron chi connectivity index (χ4n) is 1.68. The normalized spacial score (nSPS) is 26.1. The molecule has 1 saturated heterocycles. The van der Waals surface area contributed by atoms with Gasteiger partial charge in [-0.15, -0.1) is 0 Å². The number of β-lactam (4-membered cyclic amide) rings is 1. The fraction of sp³-hybridized carbons (Fsp3) is 0.500. The average molecular weight is 166 g/mol. The summed E-state index contributed by atoms with van der Waals surface area (Å²) in [5.41, 5.74) is 0.527. The molecule has 1 fully saturated rings. The molecule has 0 aromatic carbocycles. The number of hydrogen-bond donors (Lipinski definition) is 1. The lowest BCUT2D eigenvalue weighted by Gasteiger charge is -2.35. The second kappa shape index (κ2) is 2.33. The summed E-state index contributed by atoms with van der Waals surface area (Å²) in [6.07, 6.45) is 3.25. The summed E-state index contributed by atoms with van der Waals surface area (Å²) in [4.78, 5) is 23.8. The van der Waals surface area contributed by atoms with E-state index in [2.05, 4.69) is 5.32 Å². The maximum atomic E-state index is 11.2. The number of carbonyl (C=O) groups is 2. The van der Waals surface area contributed by atoms with Crippen LogP contribution < -0.4 is 5.32 Å². The predicted octanol–water partition coefficient (Wildman–Crippen LogP) is -0.379. The topological polar surface area (TPSA) is 49.4 Å². The molecule has 4 heteroatoms. The van der Waals surface area contributed by atoms with E-state index in [0.29, 0.717) is 12.1 Å². The summed E-state index contributed by atoms with van der Waals surface area (Å²) in [6.45, 7) is 0. The van der Waals surface area contributed by atoms with Crippen LogP contribution in [0.2, 0.25) is 0 Å². The van der Waals surface area contributed by atoms with E-state index >= 15 is 0 Å². The number of likely N-dealkylation sites (N-methyl/N-ethyl adjacent to an activating group) is 1. The van der Waals surface area contributed by atoms with Crippen LogP contribution in [0.4, 0.5) is 0 Å². The minimum atomic E-state index is -0.162. The summed E-state index contributed by atoms with van der Waals surface area (Å²) in [6, 6.07) is 0.268. The molecule has 1 atom stereocenters. The molecular formula is C8H10N2O2. The van der Waals surface area contributed by atoms with Gasteiger partial charge in [0.1, 0.15) is 5.70 Å². The van der Waals surface area contributed by atoms with Crippen LogP contribution in [-0.4, -0.2) is 29.8 Å². The van der Waals surface area contributed by atoms with Gasteiger partial charge in [0, 0.05) is 19.5 Å². The third-order valence-electron chi connectivity index (χ3n) is 2.35. The molecule has 0 aromatic heterocycles. The molecule has 1 unspecified atom stereocenters. The van der Waals surface area contributed by atoms with E-state index < -0.39 is 0 Å². The Morgan fingerprint density at radius 1 is 1.75 bits per heavy atom. The van der Waals surface area contributed by atoms with E-state index in [-0.39, 0.29) is 17.9 Å². The first-order valence-electron chi connectivity index (χ1n) is 3.98. The lowest BCUT2D eigenvalue weighted by molar-refractivity contribution is -0.143. The summed E-state index contributed by atoms with van der Waals surface area (Å²) in [7, 11) is 1.57. The van der Waals surface area contributed by atoms with E-state index in [1.807, 2.05) is 6.08 Å². The zero-order valence-electron chi connectivity index (χ0n) is 6.83. The Bertz CT molecular complexity index is 283. The van der Waals surface area contributed by atoms with Crippen molar-refractivity contribution in [2.24, 2.45) is 0 Å². The van der Waals surface area contributed by atoms with Gasteiger partial charge in [-0.05, 0) is 6.42 Å². The lowest BCUT2D eigenvalue weighted by Crippen LogP contribution is -2.50. The molecule has 0 spiro atoms. The maximum Gasteiger partial charge on any atom is 0.267 e. The first-order valence-corrected chi connectivity index (χ1v) is 3.98. The zero-order chi connectivity index (χ0) is 8.72. The van der Waals surface area contributed by atoms with Crippen LogP contribution in [0.25, 0.3) is 0 Å². The Hall–Kier alpha value is -1.32. The van der Waals surface area contributed by atoms with Crippen LogP contribution in [-0.2, 0) is 9.59 Å². The molecule has 2 aliphatic rings. The molecule has 0 saturated carbocycles. The van der Waals surface area contributed by atoms with E-state index in [0.717, 1.165) is 6.42 Å². The van der Waals surface area contributed by atoms with Crippen molar-refractivity contribution in [2.45, 2.75) is 18.9 Å². The van der Waals surface area contributed by atoms with Gasteiger partial charge in [0.15, 0.2) is 0 Å². The van der Waals surface area contributed by atoms with Crippen molar-refractivity contribution in [1.29, 1.82) is 0 Å². The number of amides is 2. The molecule has 2 rings (SSSR count). The molecule has 64 valence electrons. The van der Waals surface area contributed by atoms with Crippen LogP contribution in [0.15, 0.2) is 11.8 Å². The molecule has 4 nitrogen and oxygen atoms in total. The summed E-state index contributed by atoms with van der Waals surface area (Å²) < 4.78 is 0. The number of nitrogens with one attached hydrogen (secondary N) is 1. The van der Waals surface area contributed by atoms with Crippen molar-refractivity contribution in [1.82, 2.24) is 10.2 Å². The van der Waals surface area contributed by atoms with Gasteiger partial charge in [0.2, 0.25) is 5.91 Å². The molecule has 2 heterocycles. The number of rotatable bonds is 1. The standard InChI is InChI=1S/C8H10N2O2/c1-9-8(12)6-3-2-5-4-7(11)10(5)6/h3,5H,2,4H2,1H3,(H,9,12). The van der Waals surface area contributed by atoms with Crippen LogP contribution in [0.5, 0.6) is 0 Å². The Labute approximate surface area is 70.2 Å². The molecule has 0 aliphatic carbocycles. The quantitative estimate of drug-likeness (QED) is 0.540. The molecule has 2 amide bonds. The van der Waals surface area contributed by atoms with Crippen molar-refractivity contribution in [3.05, 3.63) is 11.8 Å². The highest BCUT2D eigenvalue weighted by Crippen LogP contribution is 2.33. The van der Waals surface area contributed by atoms with E-state index in [9.17, 15) is 9.59 Å². The third kappa shape index (κ3) is 0.776. The van der Waals surface area contributed by atoms with Crippen LogP contribution in [0.1, 0.15) is 12.8 Å². The third-order valence-corrected chi connectivity index (χ3v) is 2.35. The Morgan fingerprint density at radius 3 is 3.08 bits per heavy atom. The van der Waals surface area contributed by atoms with E-state index in [1.165, 1.54) is 0 Å². The highest BCUT2D eigenvalue weighted by atomic mass is 16.2. The van der Waals surface area contributed by atoms with Crippen LogP contribution in [0.3, 0.4) is 0 Å². The minimum absolute atomic E-state index is 0.0624. The van der Waals surface area contributed by atoms with Gasteiger partial charge in [0.05, 0.1) is 0 Å². The Balaban J connectivity index is 2.17. The molecule has 0 aromatic rings. The maximum absolute atomic E-state index is 11.2. The SMILES string of the molecule is CNC(=O)C1=CCC2CC(=O)N12. The lowest BCUT2D eigenvalue weighted by atomic mass is 10.0. The number of hydrogen-bond acceptors (Lipinski definition) is 2. The molecular weight excluding hydrogens is 156 g/mol. The summed E-state index contributed by atoms with van der Waals surface area (Å²) in [5.74, 6) is -0.0992. The number of carbonyl (C=O) groups excluding carboxylic acids is 2. The van der Waals surface area contributed by atoms with Crippen molar-refractivity contribution in [3.63, 3.8) is 0 Å². The predicted molar refractivity (Wildman–Crippen MR) is 42.0 cm³/mol. The Morgan fingerprint density at radius 2 is 2.50 bits per heavy atom. The van der Waals surface area contributed by atoms with Crippen molar-refractivity contribution in [2.75, 3.05) is 7.05 Å². The largest absolute Gasteiger partial charge is 0.354 e. The van der Waals surface area contributed by atoms with Crippen LogP contribution in [0, 0.1) is 0 Å². The molecule has 0 radical (unpaired) electrons. The summed E-state index contributed by atoms with van der Waals surface area (Å²) in [5, 5.41) is 2.51. The Kier molecular flexibility index (Phi) is 1.43. The molecule has 2 aliphatic heterocycles. The highest BCUT2D eigenvalue weighted by Gasteiger charge is 2.43. The molecule has 0 bridgehead atoms. The molecule has 1 N–H and O–H groups in total. The second-order valence-electron chi connectivity index (χ2n) is 3.03. The van der Waals surface area contributed by atoms with Gasteiger partial charge in [0.25, 0.3) is 5.91 Å². The zero-order valence-corrected chi connectivity index (χ0v) is 6.83. The number of nitrogens with zero attached hydrogens (tertiary/aromatic N) is 1. The summed E-state index contributed by atoms with van der Waals surface area (Å²) >= 11 is 0. The first kappa shape index (κ1) is 7.34. The van der Waals surface area contributed by atoms with Gasteiger partial charge in [-0.2, -0.15) is 0 Å². The number of fused-ring (bicyclic) bond motifs is 1. The molecule has 12 heavy (non-hydrogen) atoms. The van der Waals surface area contributed by atoms with E-state index in [1.54, 1.807) is 11.9 Å². The van der Waals surface area contributed by atoms with Gasteiger partial charge in [-0.3, -0.25) is 9.59 Å². The average Bonchev–Trinajstić information content (AvgIpc) is 2.40. The second-order valence-corrected chi connectivity index (χ2v) is 3.03. The smallest absolute Gasteiger partial charge is 0.267 e. The van der Waals surface area contributed by atoms with Gasteiger partial charge in [-0.1, -0.05) is 6.08 Å². The van der Waals surface area contributed by atoms with Crippen molar-refractivity contribution < 1.29 is 9.59 Å². The highest BCUT2D eigenvalue weighted by molar-refractivity contribution is 6.00. The monoisotopic (exact) mass is 166 g/mol. The van der Waals surface area contributed by atoms with Crippen molar-refractivity contribution in [3.8, 4) is 0 Å². The van der Waals surface area contributed by atoms with E-state index in [4.69, 9.17) is 0 Å². The van der Waals surface area contributed by atoms with Gasteiger partial charge >= 0.3 is 0 Å². The van der Waals surface area contributed by atoms with Crippen LogP contribution >= 0.6 is 0 Å². The van der Waals surface area contributed by atoms with Crippen molar-refractivity contribution >= 4 is 11.8 Å². The fourth-order valence-corrected chi connectivity index (χ4v) is 1.68. The van der Waals surface area contributed by atoms with Gasteiger partial charge in [-0.25, -0.2) is 0 Å². The van der Waals surface area contributed by atoms with Gasteiger partial charge < -0.3 is 10.2 Å².